The van der Waals surface area contributed by atoms with Crippen molar-refractivity contribution in [2.45, 2.75) is 0 Å². The molecule has 1 N–H and O–H groups in total. The molecular formula is C9H8N4O2S. The molecule has 0 aliphatic rings. The molecule has 7 heteroatoms. The molecule has 0 aliphatic carbocycles. The van der Waals surface area contributed by atoms with E-state index < -0.39 is 4.92 Å². The number of nitrogens with zero attached hydrogens (tertiary/aromatic N) is 3. The van der Waals surface area contributed by atoms with Gasteiger partial charge in [0.2, 0.25) is 6.19 Å². The number of nitro groups is 1. The van der Waals surface area contributed by atoms with Crippen LogP contribution in [0.5, 0.6) is 0 Å². The number of amidine groups is 1. The predicted molar refractivity (Wildman–Crippen MR) is 63.3 cm³/mol. The van der Waals surface area contributed by atoms with E-state index in [0.717, 1.165) is 0 Å². The van der Waals surface area contributed by atoms with Crippen molar-refractivity contribution in [3.63, 3.8) is 0 Å². The molecular weight excluding hydrogens is 228 g/mol. The molecule has 0 atom stereocenters. The van der Waals surface area contributed by atoms with Gasteiger partial charge in [0.05, 0.1) is 4.92 Å². The van der Waals surface area contributed by atoms with Crippen molar-refractivity contribution in [3.8, 4) is 6.19 Å². The van der Waals surface area contributed by atoms with Crippen LogP contribution in [0.1, 0.15) is 0 Å². The molecule has 0 spiro atoms. The van der Waals surface area contributed by atoms with E-state index in [-0.39, 0.29) is 5.69 Å². The first-order chi connectivity index (χ1) is 7.67. The lowest BCUT2D eigenvalue weighted by atomic mass is 10.3. The Morgan fingerprint density at radius 2 is 2.19 bits per heavy atom. The molecule has 0 aromatic heterocycles. The lowest BCUT2D eigenvalue weighted by molar-refractivity contribution is -0.384. The third-order valence-electron chi connectivity index (χ3n) is 1.67. The molecule has 0 fully saturated rings. The van der Waals surface area contributed by atoms with Gasteiger partial charge in [0, 0.05) is 17.8 Å². The second-order valence-corrected chi connectivity index (χ2v) is 3.45. The highest BCUT2D eigenvalue weighted by atomic mass is 32.2. The average Bonchev–Trinajstić information content (AvgIpc) is 2.29. The molecule has 82 valence electrons. The smallest absolute Gasteiger partial charge is 0.269 e. The molecule has 6 nitrogen and oxygen atoms in total. The third-order valence-corrected chi connectivity index (χ3v) is 2.25. The van der Waals surface area contributed by atoms with Gasteiger partial charge in [-0.25, -0.2) is 0 Å². The van der Waals surface area contributed by atoms with Crippen LogP contribution >= 0.6 is 11.8 Å². The van der Waals surface area contributed by atoms with Crippen LogP contribution in [0.4, 0.5) is 11.4 Å². The van der Waals surface area contributed by atoms with Crippen molar-refractivity contribution >= 4 is 28.3 Å². The van der Waals surface area contributed by atoms with Gasteiger partial charge in [-0.05, 0) is 18.4 Å². The summed E-state index contributed by atoms with van der Waals surface area (Å²) in [5.74, 6) is 0. The number of hydrogen-bond acceptors (Lipinski definition) is 5. The maximum atomic E-state index is 10.4. The number of benzene rings is 1. The monoisotopic (exact) mass is 236 g/mol. The minimum Gasteiger partial charge on any atom is -0.334 e. The van der Waals surface area contributed by atoms with Crippen LogP contribution in [0.3, 0.4) is 0 Å². The van der Waals surface area contributed by atoms with Crippen LogP contribution in [0.15, 0.2) is 29.3 Å². The Labute approximate surface area is 96.1 Å². The van der Waals surface area contributed by atoms with Crippen molar-refractivity contribution < 1.29 is 4.92 Å². The first kappa shape index (κ1) is 12.0. The second-order valence-electron chi connectivity index (χ2n) is 2.65. The summed E-state index contributed by atoms with van der Waals surface area (Å²) in [6, 6.07) is 5.88. The molecule has 0 heterocycles. The van der Waals surface area contributed by atoms with Crippen molar-refractivity contribution in [3.05, 3.63) is 34.4 Å². The summed E-state index contributed by atoms with van der Waals surface area (Å²) in [6.45, 7) is 0. The first-order valence-corrected chi connectivity index (χ1v) is 5.42. The third kappa shape index (κ3) is 3.25. The van der Waals surface area contributed by atoms with Gasteiger partial charge in [-0.15, -0.1) is 4.99 Å². The number of rotatable bonds is 2. The van der Waals surface area contributed by atoms with Crippen molar-refractivity contribution in [2.75, 3.05) is 11.6 Å². The minimum absolute atomic E-state index is 0.0217. The molecule has 0 radical (unpaired) electrons. The average molecular weight is 236 g/mol. The number of nitrogens with one attached hydrogen (secondary N) is 1. The fourth-order valence-corrected chi connectivity index (χ4v) is 1.31. The predicted octanol–water partition coefficient (Wildman–Crippen LogP) is 2.21. The molecule has 0 saturated heterocycles. The minimum atomic E-state index is -0.470. The van der Waals surface area contributed by atoms with Crippen LogP contribution in [0.2, 0.25) is 0 Å². The van der Waals surface area contributed by atoms with Gasteiger partial charge in [-0.3, -0.25) is 10.1 Å². The number of nitriles is 1. The number of anilines is 1. The fourth-order valence-electron chi connectivity index (χ4n) is 0.960. The van der Waals surface area contributed by atoms with Gasteiger partial charge in [0.1, 0.15) is 0 Å². The summed E-state index contributed by atoms with van der Waals surface area (Å²) in [5.41, 5.74) is 0.669. The Morgan fingerprint density at radius 1 is 1.56 bits per heavy atom. The fraction of sp³-hybridized carbons (Fsp3) is 0.111. The van der Waals surface area contributed by atoms with E-state index in [1.165, 1.54) is 23.9 Å². The van der Waals surface area contributed by atoms with E-state index in [1.807, 2.05) is 0 Å². The van der Waals surface area contributed by atoms with Crippen LogP contribution < -0.4 is 5.32 Å². The van der Waals surface area contributed by atoms with Crippen LogP contribution in [-0.2, 0) is 0 Å². The molecule has 0 amide bonds. The Hall–Kier alpha value is -2.07. The SMILES string of the molecule is CS/C(=N\C#N)Nc1ccc([N+](=O)[O-])cc1. The zero-order valence-electron chi connectivity index (χ0n) is 8.38. The number of thioether (sulfide) groups is 1. The van der Waals surface area contributed by atoms with Crippen molar-refractivity contribution in [2.24, 2.45) is 4.99 Å². The normalized spacial score (nSPS) is 10.6. The van der Waals surface area contributed by atoms with E-state index in [0.29, 0.717) is 10.9 Å². The Kier molecular flexibility index (Phi) is 4.29. The number of aliphatic imine (C=N–C) groups is 1. The van der Waals surface area contributed by atoms with Crippen molar-refractivity contribution in [1.29, 1.82) is 5.26 Å². The molecule has 16 heavy (non-hydrogen) atoms. The van der Waals surface area contributed by atoms with E-state index in [2.05, 4.69) is 10.3 Å². The van der Waals surface area contributed by atoms with Crippen LogP contribution in [0.25, 0.3) is 0 Å². The standard InChI is InChI=1S/C9H8N4O2S/c1-16-9(11-6-10)12-7-2-4-8(5-3-7)13(14)15/h2-5H,1H3,(H,11,12). The Bertz CT molecular complexity index is 450. The molecule has 0 aliphatic heterocycles. The van der Waals surface area contributed by atoms with Gasteiger partial charge < -0.3 is 5.32 Å². The highest BCUT2D eigenvalue weighted by Crippen LogP contribution is 2.16. The summed E-state index contributed by atoms with van der Waals surface area (Å²) >= 11 is 1.28. The second kappa shape index (κ2) is 5.72. The molecule has 0 bridgehead atoms. The van der Waals surface area contributed by atoms with E-state index in [4.69, 9.17) is 5.26 Å². The van der Waals surface area contributed by atoms with Crippen molar-refractivity contribution in [1.82, 2.24) is 0 Å². The molecule has 1 aromatic rings. The van der Waals surface area contributed by atoms with Gasteiger partial charge in [-0.1, -0.05) is 11.8 Å². The highest BCUT2D eigenvalue weighted by Gasteiger charge is 2.04. The lowest BCUT2D eigenvalue weighted by Gasteiger charge is -2.04. The zero-order chi connectivity index (χ0) is 12.0. The maximum Gasteiger partial charge on any atom is 0.269 e. The molecule has 1 rings (SSSR count). The van der Waals surface area contributed by atoms with E-state index in [9.17, 15) is 10.1 Å². The van der Waals surface area contributed by atoms with Gasteiger partial charge in [0.25, 0.3) is 5.69 Å². The Balaban J connectivity index is 2.80. The summed E-state index contributed by atoms with van der Waals surface area (Å²) in [7, 11) is 0. The highest BCUT2D eigenvalue weighted by molar-refractivity contribution is 8.13. The molecule has 1 aromatic carbocycles. The maximum absolute atomic E-state index is 10.4. The topological polar surface area (TPSA) is 91.3 Å². The summed E-state index contributed by atoms with van der Waals surface area (Å²) < 4.78 is 0. The molecule has 0 saturated carbocycles. The number of non-ortho nitro benzene ring substituents is 1. The Morgan fingerprint density at radius 3 is 2.62 bits per heavy atom. The largest absolute Gasteiger partial charge is 0.334 e. The molecule has 0 unspecified atom stereocenters. The van der Waals surface area contributed by atoms with E-state index in [1.54, 1.807) is 24.6 Å². The number of nitro benzene ring substituents is 1. The van der Waals surface area contributed by atoms with Gasteiger partial charge in [0.15, 0.2) is 5.17 Å². The summed E-state index contributed by atoms with van der Waals surface area (Å²) in [4.78, 5) is 13.5. The van der Waals surface area contributed by atoms with Crippen LogP contribution in [-0.4, -0.2) is 16.3 Å². The van der Waals surface area contributed by atoms with Gasteiger partial charge >= 0.3 is 0 Å². The quantitative estimate of drug-likeness (QED) is 0.279. The lowest BCUT2D eigenvalue weighted by Crippen LogP contribution is -2.06. The summed E-state index contributed by atoms with van der Waals surface area (Å²) in [6.07, 6.45) is 3.44. The number of hydrogen-bond donors (Lipinski definition) is 1. The van der Waals surface area contributed by atoms with Crippen LogP contribution in [0, 0.1) is 21.6 Å². The summed E-state index contributed by atoms with van der Waals surface area (Å²) in [5, 5.41) is 22.1. The van der Waals surface area contributed by atoms with Gasteiger partial charge in [-0.2, -0.15) is 5.26 Å². The zero-order valence-corrected chi connectivity index (χ0v) is 9.19. The first-order valence-electron chi connectivity index (χ1n) is 4.19. The van der Waals surface area contributed by atoms with E-state index >= 15 is 0 Å².